The van der Waals surface area contributed by atoms with Crippen molar-refractivity contribution in [3.63, 3.8) is 0 Å². The lowest BCUT2D eigenvalue weighted by Gasteiger charge is -2.24. The van der Waals surface area contributed by atoms with Crippen molar-refractivity contribution < 1.29 is 29.0 Å². The van der Waals surface area contributed by atoms with Gasteiger partial charge < -0.3 is 19.5 Å². The Bertz CT molecular complexity index is 406. The molecular weight excluding hydrogens is 266 g/mol. The minimum atomic E-state index is -1.05. The first kappa shape index (κ1) is 14.8. The molecule has 1 heterocycles. The fourth-order valence-corrected chi connectivity index (χ4v) is 2.30. The number of aliphatic carboxylic acids is 1. The van der Waals surface area contributed by atoms with E-state index < -0.39 is 24.1 Å². The van der Waals surface area contributed by atoms with Gasteiger partial charge >= 0.3 is 11.9 Å². The fourth-order valence-electron chi connectivity index (χ4n) is 2.30. The van der Waals surface area contributed by atoms with Crippen LogP contribution in [0.2, 0.25) is 0 Å². The molecule has 2 rings (SSSR count). The Morgan fingerprint density at radius 1 is 1.20 bits per heavy atom. The van der Waals surface area contributed by atoms with E-state index >= 15 is 0 Å². The third kappa shape index (κ3) is 3.47. The third-order valence-electron chi connectivity index (χ3n) is 3.45. The first-order valence-corrected chi connectivity index (χ1v) is 6.87. The fraction of sp³-hybridized carbons (Fsp3) is 0.769. The van der Waals surface area contributed by atoms with Gasteiger partial charge in [-0.15, -0.1) is 0 Å². The standard InChI is InChI=1S/C13H19NO6/c1-2-19-11(15)7-14(8-3-4-8)12(16)9-5-6-10(20-9)13(17)18/h8-10H,2-7H2,1H3,(H,17,18)/t9-,10+/m0/s1. The molecule has 2 atom stereocenters. The van der Waals surface area contributed by atoms with Crippen LogP contribution in [0.15, 0.2) is 0 Å². The Balaban J connectivity index is 1.94. The normalized spacial score (nSPS) is 25.2. The number of ether oxygens (including phenoxy) is 2. The number of esters is 1. The van der Waals surface area contributed by atoms with Gasteiger partial charge in [-0.05, 0) is 32.6 Å². The lowest BCUT2D eigenvalue weighted by atomic mass is 10.2. The second kappa shape index (κ2) is 6.21. The van der Waals surface area contributed by atoms with E-state index in [2.05, 4.69) is 0 Å². The molecule has 1 amide bonds. The van der Waals surface area contributed by atoms with E-state index in [1.165, 1.54) is 4.90 Å². The first-order valence-electron chi connectivity index (χ1n) is 6.87. The highest BCUT2D eigenvalue weighted by atomic mass is 16.5. The van der Waals surface area contributed by atoms with Crippen LogP contribution in [-0.2, 0) is 23.9 Å². The van der Waals surface area contributed by atoms with Crippen molar-refractivity contribution in [3.8, 4) is 0 Å². The maximum atomic E-state index is 12.3. The maximum Gasteiger partial charge on any atom is 0.332 e. The quantitative estimate of drug-likeness (QED) is 0.699. The molecule has 1 saturated heterocycles. The summed E-state index contributed by atoms with van der Waals surface area (Å²) >= 11 is 0. The van der Waals surface area contributed by atoms with Gasteiger partial charge in [0, 0.05) is 6.04 Å². The van der Waals surface area contributed by atoms with Gasteiger partial charge in [-0.3, -0.25) is 9.59 Å². The van der Waals surface area contributed by atoms with Crippen molar-refractivity contribution in [2.24, 2.45) is 0 Å². The lowest BCUT2D eigenvalue weighted by Crippen LogP contribution is -2.44. The summed E-state index contributed by atoms with van der Waals surface area (Å²) in [6.45, 7) is 1.89. The van der Waals surface area contributed by atoms with E-state index in [1.54, 1.807) is 6.92 Å². The van der Waals surface area contributed by atoms with Gasteiger partial charge in [0.05, 0.1) is 6.61 Å². The molecule has 1 N–H and O–H groups in total. The average Bonchev–Trinajstić information content (AvgIpc) is 3.11. The molecule has 0 aromatic carbocycles. The summed E-state index contributed by atoms with van der Waals surface area (Å²) in [4.78, 5) is 36.2. The highest BCUT2D eigenvalue weighted by molar-refractivity contribution is 5.86. The van der Waals surface area contributed by atoms with Gasteiger partial charge in [0.1, 0.15) is 12.6 Å². The number of carboxylic acids is 1. The summed E-state index contributed by atoms with van der Waals surface area (Å²) in [6.07, 6.45) is 0.741. The van der Waals surface area contributed by atoms with Crippen LogP contribution in [0.3, 0.4) is 0 Å². The molecule has 2 fully saturated rings. The Morgan fingerprint density at radius 3 is 2.35 bits per heavy atom. The molecule has 0 bridgehead atoms. The van der Waals surface area contributed by atoms with E-state index in [-0.39, 0.29) is 25.1 Å². The molecule has 1 aliphatic carbocycles. The van der Waals surface area contributed by atoms with E-state index in [4.69, 9.17) is 14.6 Å². The number of nitrogens with zero attached hydrogens (tertiary/aromatic N) is 1. The van der Waals surface area contributed by atoms with Crippen molar-refractivity contribution in [2.45, 2.75) is 50.9 Å². The molecular formula is C13H19NO6. The zero-order valence-corrected chi connectivity index (χ0v) is 11.4. The van der Waals surface area contributed by atoms with Gasteiger partial charge in [0.2, 0.25) is 0 Å². The van der Waals surface area contributed by atoms with Gasteiger partial charge in [-0.1, -0.05) is 0 Å². The predicted molar refractivity (Wildman–Crippen MR) is 66.9 cm³/mol. The monoisotopic (exact) mass is 285 g/mol. The number of hydrogen-bond acceptors (Lipinski definition) is 5. The molecule has 0 aromatic heterocycles. The van der Waals surface area contributed by atoms with Crippen molar-refractivity contribution in [3.05, 3.63) is 0 Å². The molecule has 7 nitrogen and oxygen atoms in total. The number of carbonyl (C=O) groups is 3. The summed E-state index contributed by atoms with van der Waals surface area (Å²) in [5.74, 6) is -1.80. The first-order chi connectivity index (χ1) is 9.52. The molecule has 0 spiro atoms. The van der Waals surface area contributed by atoms with Gasteiger partial charge in [0.15, 0.2) is 6.10 Å². The van der Waals surface area contributed by atoms with Crippen molar-refractivity contribution in [2.75, 3.05) is 13.2 Å². The summed E-state index contributed by atoms with van der Waals surface area (Å²) in [7, 11) is 0. The van der Waals surface area contributed by atoms with Crippen molar-refractivity contribution >= 4 is 17.8 Å². The van der Waals surface area contributed by atoms with Gasteiger partial charge in [-0.2, -0.15) is 0 Å². The summed E-state index contributed by atoms with van der Waals surface area (Å²) in [6, 6.07) is 0.0550. The Kier molecular flexibility index (Phi) is 4.59. The second-order valence-corrected chi connectivity index (χ2v) is 5.03. The van der Waals surface area contributed by atoms with Crippen molar-refractivity contribution in [1.82, 2.24) is 4.90 Å². The topological polar surface area (TPSA) is 93.1 Å². The molecule has 1 saturated carbocycles. The van der Waals surface area contributed by atoms with Crippen LogP contribution in [0.25, 0.3) is 0 Å². The highest BCUT2D eigenvalue weighted by Gasteiger charge is 2.41. The third-order valence-corrected chi connectivity index (χ3v) is 3.45. The highest BCUT2D eigenvalue weighted by Crippen LogP contribution is 2.30. The second-order valence-electron chi connectivity index (χ2n) is 5.03. The van der Waals surface area contributed by atoms with E-state index in [0.29, 0.717) is 12.8 Å². The average molecular weight is 285 g/mol. The molecule has 112 valence electrons. The zero-order valence-electron chi connectivity index (χ0n) is 11.4. The smallest absolute Gasteiger partial charge is 0.332 e. The van der Waals surface area contributed by atoms with Crippen LogP contribution in [0.1, 0.15) is 32.6 Å². The summed E-state index contributed by atoms with van der Waals surface area (Å²) < 4.78 is 10.1. The molecule has 0 radical (unpaired) electrons. The number of carboxylic acid groups (broad SMARTS) is 1. The van der Waals surface area contributed by atoms with Crippen LogP contribution in [0.5, 0.6) is 0 Å². The molecule has 1 aliphatic heterocycles. The molecule has 0 unspecified atom stereocenters. The number of carbonyl (C=O) groups excluding carboxylic acids is 2. The Labute approximate surface area is 116 Å². The van der Waals surface area contributed by atoms with Crippen LogP contribution in [0, 0.1) is 0 Å². The van der Waals surface area contributed by atoms with Crippen LogP contribution >= 0.6 is 0 Å². The maximum absolute atomic E-state index is 12.3. The number of amides is 1. The predicted octanol–water partition coefficient (Wildman–Crippen LogP) is 0.173. The van der Waals surface area contributed by atoms with E-state index in [0.717, 1.165) is 12.8 Å². The molecule has 0 aromatic rings. The van der Waals surface area contributed by atoms with Gasteiger partial charge in [-0.25, -0.2) is 4.79 Å². The van der Waals surface area contributed by atoms with E-state index in [1.807, 2.05) is 0 Å². The van der Waals surface area contributed by atoms with Crippen LogP contribution < -0.4 is 0 Å². The Morgan fingerprint density at radius 2 is 1.85 bits per heavy atom. The zero-order chi connectivity index (χ0) is 14.7. The number of hydrogen-bond donors (Lipinski definition) is 1. The molecule has 7 heteroatoms. The number of rotatable bonds is 6. The van der Waals surface area contributed by atoms with Crippen molar-refractivity contribution in [1.29, 1.82) is 0 Å². The summed E-state index contributed by atoms with van der Waals surface area (Å²) in [5, 5.41) is 8.86. The summed E-state index contributed by atoms with van der Waals surface area (Å²) in [5.41, 5.74) is 0. The minimum Gasteiger partial charge on any atom is -0.479 e. The Hall–Kier alpha value is -1.63. The molecule has 20 heavy (non-hydrogen) atoms. The minimum absolute atomic E-state index is 0.0550. The van der Waals surface area contributed by atoms with Gasteiger partial charge in [0.25, 0.3) is 5.91 Å². The lowest BCUT2D eigenvalue weighted by molar-refractivity contribution is -0.158. The van der Waals surface area contributed by atoms with Crippen LogP contribution in [0.4, 0.5) is 0 Å². The van der Waals surface area contributed by atoms with E-state index in [9.17, 15) is 14.4 Å². The van der Waals surface area contributed by atoms with Crippen LogP contribution in [-0.4, -0.2) is 59.3 Å². The molecule has 2 aliphatic rings. The largest absolute Gasteiger partial charge is 0.479 e. The SMILES string of the molecule is CCOC(=O)CN(C(=O)[C@@H]1CC[C@H](C(=O)O)O1)C1CC1.